The van der Waals surface area contributed by atoms with Crippen LogP contribution in [0.5, 0.6) is 0 Å². The molecule has 1 aliphatic rings. The van der Waals surface area contributed by atoms with E-state index in [1.54, 1.807) is 6.07 Å². The summed E-state index contributed by atoms with van der Waals surface area (Å²) >= 11 is 6.04. The van der Waals surface area contributed by atoms with Crippen LogP contribution in [-0.2, 0) is 0 Å². The predicted octanol–water partition coefficient (Wildman–Crippen LogP) is 3.85. The molecule has 2 rings (SSSR count). The molecule has 1 fully saturated rings. The molecule has 2 unspecified atom stereocenters. The first-order valence-electron chi connectivity index (χ1n) is 5.78. The molecule has 2 atom stereocenters. The number of nitro groups is 1. The fourth-order valence-electron chi connectivity index (χ4n) is 2.30. The highest BCUT2D eigenvalue weighted by Gasteiger charge is 2.24. The molecule has 0 amide bonds. The molecule has 0 aromatic heterocycles. The second kappa shape index (κ2) is 4.92. The summed E-state index contributed by atoms with van der Waals surface area (Å²) in [5, 5.41) is 14.6. The van der Waals surface area contributed by atoms with E-state index in [0.29, 0.717) is 22.7 Å². The van der Waals surface area contributed by atoms with Gasteiger partial charge in [-0.2, -0.15) is 0 Å². The summed E-state index contributed by atoms with van der Waals surface area (Å²) < 4.78 is 0. The largest absolute Gasteiger partial charge is 0.381 e. The van der Waals surface area contributed by atoms with Gasteiger partial charge in [0.2, 0.25) is 0 Å². The average Bonchev–Trinajstić information content (AvgIpc) is 2.67. The van der Waals surface area contributed by atoms with Crippen molar-refractivity contribution in [3.63, 3.8) is 0 Å². The summed E-state index contributed by atoms with van der Waals surface area (Å²) in [6, 6.07) is 4.87. The maximum absolute atomic E-state index is 10.7. The molecule has 1 aromatic carbocycles. The van der Waals surface area contributed by atoms with E-state index in [1.165, 1.54) is 25.0 Å². The van der Waals surface area contributed by atoms with E-state index < -0.39 is 4.92 Å². The lowest BCUT2D eigenvalue weighted by Gasteiger charge is -2.19. The number of hydrogen-bond acceptors (Lipinski definition) is 3. The minimum atomic E-state index is -0.403. The second-order valence-electron chi connectivity index (χ2n) is 4.58. The molecular formula is C12H15ClN2O2. The lowest BCUT2D eigenvalue weighted by atomic mass is 10.1. The molecule has 0 aliphatic heterocycles. The molecule has 1 saturated carbocycles. The molecule has 5 heteroatoms. The number of nitrogens with one attached hydrogen (secondary N) is 1. The van der Waals surface area contributed by atoms with E-state index in [4.69, 9.17) is 11.6 Å². The Balaban J connectivity index is 2.19. The summed E-state index contributed by atoms with van der Waals surface area (Å²) in [6.45, 7) is 2.19. The standard InChI is InChI=1S/C12H15ClN2O2/c1-8-3-2-4-11(8)14-12-7-9(15(16)17)5-6-10(12)13/h5-8,11,14H,2-4H2,1H3. The Morgan fingerprint density at radius 2 is 2.24 bits per heavy atom. The number of nitro benzene ring substituents is 1. The fourth-order valence-corrected chi connectivity index (χ4v) is 2.47. The molecule has 0 heterocycles. The SMILES string of the molecule is CC1CCCC1Nc1cc([N+](=O)[O-])ccc1Cl. The Hall–Kier alpha value is -1.29. The number of rotatable bonds is 3. The molecule has 17 heavy (non-hydrogen) atoms. The Kier molecular flexibility index (Phi) is 3.52. The Morgan fingerprint density at radius 1 is 1.47 bits per heavy atom. The zero-order valence-corrected chi connectivity index (χ0v) is 10.4. The van der Waals surface area contributed by atoms with Crippen molar-refractivity contribution in [3.8, 4) is 0 Å². The molecule has 0 spiro atoms. The van der Waals surface area contributed by atoms with Crippen molar-refractivity contribution in [1.29, 1.82) is 0 Å². The topological polar surface area (TPSA) is 55.2 Å². The number of benzene rings is 1. The summed E-state index contributed by atoms with van der Waals surface area (Å²) in [6.07, 6.45) is 3.50. The fraction of sp³-hybridized carbons (Fsp3) is 0.500. The van der Waals surface area contributed by atoms with Crippen molar-refractivity contribution in [1.82, 2.24) is 0 Å². The van der Waals surface area contributed by atoms with Crippen molar-refractivity contribution >= 4 is 23.0 Å². The second-order valence-corrected chi connectivity index (χ2v) is 4.99. The molecule has 1 aliphatic carbocycles. The Bertz CT molecular complexity index is 437. The van der Waals surface area contributed by atoms with Crippen LogP contribution in [0.15, 0.2) is 18.2 Å². The Morgan fingerprint density at radius 3 is 2.82 bits per heavy atom. The van der Waals surface area contributed by atoms with Gasteiger partial charge in [0.05, 0.1) is 15.6 Å². The van der Waals surface area contributed by atoms with Gasteiger partial charge in [0.1, 0.15) is 0 Å². The monoisotopic (exact) mass is 254 g/mol. The van der Waals surface area contributed by atoms with E-state index in [1.807, 2.05) is 0 Å². The van der Waals surface area contributed by atoms with Gasteiger partial charge in [0, 0.05) is 18.2 Å². The van der Waals surface area contributed by atoms with Gasteiger partial charge in [-0.15, -0.1) is 0 Å². The highest BCUT2D eigenvalue weighted by molar-refractivity contribution is 6.33. The molecule has 0 saturated heterocycles. The van der Waals surface area contributed by atoms with Crippen LogP contribution in [0, 0.1) is 16.0 Å². The lowest BCUT2D eigenvalue weighted by Crippen LogP contribution is -2.21. The van der Waals surface area contributed by atoms with E-state index in [-0.39, 0.29) is 5.69 Å². The van der Waals surface area contributed by atoms with Crippen LogP contribution < -0.4 is 5.32 Å². The zero-order chi connectivity index (χ0) is 12.4. The van der Waals surface area contributed by atoms with Gasteiger partial charge < -0.3 is 5.32 Å². The average molecular weight is 255 g/mol. The van der Waals surface area contributed by atoms with Crippen molar-refractivity contribution in [2.45, 2.75) is 32.2 Å². The third-order valence-corrected chi connectivity index (χ3v) is 3.69. The third-order valence-electron chi connectivity index (χ3n) is 3.36. The van der Waals surface area contributed by atoms with Gasteiger partial charge in [0.25, 0.3) is 5.69 Å². The molecular weight excluding hydrogens is 240 g/mol. The van der Waals surface area contributed by atoms with Crippen LogP contribution in [0.4, 0.5) is 11.4 Å². The molecule has 1 aromatic rings. The first-order valence-corrected chi connectivity index (χ1v) is 6.16. The van der Waals surface area contributed by atoms with Crippen molar-refractivity contribution in [2.24, 2.45) is 5.92 Å². The number of nitrogens with zero attached hydrogens (tertiary/aromatic N) is 1. The predicted molar refractivity (Wildman–Crippen MR) is 68.5 cm³/mol. The van der Waals surface area contributed by atoms with E-state index in [2.05, 4.69) is 12.2 Å². The van der Waals surface area contributed by atoms with Gasteiger partial charge in [-0.1, -0.05) is 24.9 Å². The van der Waals surface area contributed by atoms with Crippen LogP contribution in [0.2, 0.25) is 5.02 Å². The van der Waals surface area contributed by atoms with Crippen molar-refractivity contribution < 1.29 is 4.92 Å². The van der Waals surface area contributed by atoms with Gasteiger partial charge >= 0.3 is 0 Å². The number of non-ortho nitro benzene ring substituents is 1. The number of halogens is 1. The van der Waals surface area contributed by atoms with E-state index >= 15 is 0 Å². The highest BCUT2D eigenvalue weighted by atomic mass is 35.5. The van der Waals surface area contributed by atoms with Crippen LogP contribution >= 0.6 is 11.6 Å². The molecule has 92 valence electrons. The lowest BCUT2D eigenvalue weighted by molar-refractivity contribution is -0.384. The van der Waals surface area contributed by atoms with Gasteiger partial charge in [-0.05, 0) is 24.8 Å². The summed E-state index contributed by atoms with van der Waals surface area (Å²) in [5.74, 6) is 0.588. The summed E-state index contributed by atoms with van der Waals surface area (Å²) in [4.78, 5) is 10.3. The third kappa shape index (κ3) is 2.69. The van der Waals surface area contributed by atoms with Crippen LogP contribution in [0.25, 0.3) is 0 Å². The minimum absolute atomic E-state index is 0.0718. The van der Waals surface area contributed by atoms with Crippen LogP contribution in [0.3, 0.4) is 0 Å². The first-order chi connectivity index (χ1) is 8.08. The molecule has 0 bridgehead atoms. The molecule has 1 N–H and O–H groups in total. The normalized spacial score (nSPS) is 23.6. The molecule has 4 nitrogen and oxygen atoms in total. The smallest absolute Gasteiger partial charge is 0.271 e. The van der Waals surface area contributed by atoms with Crippen molar-refractivity contribution in [3.05, 3.63) is 33.3 Å². The molecule has 0 radical (unpaired) electrons. The van der Waals surface area contributed by atoms with E-state index in [9.17, 15) is 10.1 Å². The minimum Gasteiger partial charge on any atom is -0.381 e. The van der Waals surface area contributed by atoms with Crippen LogP contribution in [-0.4, -0.2) is 11.0 Å². The summed E-state index contributed by atoms with van der Waals surface area (Å²) in [7, 11) is 0. The van der Waals surface area contributed by atoms with Gasteiger partial charge in [-0.25, -0.2) is 0 Å². The number of hydrogen-bond donors (Lipinski definition) is 1. The Labute approximate surface area is 105 Å². The maximum Gasteiger partial charge on any atom is 0.271 e. The maximum atomic E-state index is 10.7. The number of anilines is 1. The highest BCUT2D eigenvalue weighted by Crippen LogP contribution is 2.32. The summed E-state index contributed by atoms with van der Waals surface area (Å²) in [5.41, 5.74) is 0.738. The van der Waals surface area contributed by atoms with Gasteiger partial charge in [-0.3, -0.25) is 10.1 Å². The van der Waals surface area contributed by atoms with Crippen LogP contribution in [0.1, 0.15) is 26.2 Å². The van der Waals surface area contributed by atoms with E-state index in [0.717, 1.165) is 6.42 Å². The quantitative estimate of drug-likeness (QED) is 0.658. The first kappa shape index (κ1) is 12.2. The zero-order valence-electron chi connectivity index (χ0n) is 9.65. The van der Waals surface area contributed by atoms with Crippen molar-refractivity contribution in [2.75, 3.05) is 5.32 Å². The van der Waals surface area contributed by atoms with Gasteiger partial charge in [0.15, 0.2) is 0 Å².